The van der Waals surface area contributed by atoms with Gasteiger partial charge in [0.1, 0.15) is 18.1 Å². The lowest BCUT2D eigenvalue weighted by atomic mass is 10.1. The zero-order valence-electron chi connectivity index (χ0n) is 16.1. The predicted molar refractivity (Wildman–Crippen MR) is 109 cm³/mol. The van der Waals surface area contributed by atoms with Crippen molar-refractivity contribution in [2.45, 2.75) is 6.61 Å². The minimum Gasteiger partial charge on any atom is -0.493 e. The average molecular weight is 418 g/mol. The van der Waals surface area contributed by atoms with E-state index in [0.29, 0.717) is 50.6 Å². The SMILES string of the molecule is COc1cc(C(=O)Nc2ccc(-c3ccc(CO)o3)c(Cl)c2)cc(OC)c1OC. The van der Waals surface area contributed by atoms with Crippen molar-refractivity contribution in [2.75, 3.05) is 26.6 Å². The Bertz CT molecular complexity index is 1000. The van der Waals surface area contributed by atoms with Gasteiger partial charge in [0.05, 0.1) is 26.4 Å². The number of carbonyl (C=O) groups is 1. The van der Waals surface area contributed by atoms with E-state index in [2.05, 4.69) is 5.32 Å². The molecule has 0 atom stereocenters. The Balaban J connectivity index is 1.85. The fourth-order valence-corrected chi connectivity index (χ4v) is 3.09. The van der Waals surface area contributed by atoms with Crippen molar-refractivity contribution in [1.29, 1.82) is 0 Å². The van der Waals surface area contributed by atoms with Gasteiger partial charge >= 0.3 is 0 Å². The summed E-state index contributed by atoms with van der Waals surface area (Å²) in [6.07, 6.45) is 0. The summed E-state index contributed by atoms with van der Waals surface area (Å²) >= 11 is 6.35. The maximum atomic E-state index is 12.7. The van der Waals surface area contributed by atoms with E-state index in [1.807, 2.05) is 0 Å². The molecule has 3 rings (SSSR count). The normalized spacial score (nSPS) is 10.5. The summed E-state index contributed by atoms with van der Waals surface area (Å²) in [7, 11) is 4.45. The number of carbonyl (C=O) groups excluding carboxylic acids is 1. The summed E-state index contributed by atoms with van der Waals surface area (Å²) in [6.45, 7) is -0.194. The van der Waals surface area contributed by atoms with Crippen molar-refractivity contribution < 1.29 is 28.5 Å². The molecule has 1 heterocycles. The highest BCUT2D eigenvalue weighted by Gasteiger charge is 2.18. The first-order valence-corrected chi connectivity index (χ1v) is 8.99. The molecule has 29 heavy (non-hydrogen) atoms. The second kappa shape index (κ2) is 8.89. The summed E-state index contributed by atoms with van der Waals surface area (Å²) < 4.78 is 21.3. The molecule has 0 saturated carbocycles. The molecular weight excluding hydrogens is 398 g/mol. The number of halogens is 1. The van der Waals surface area contributed by atoms with Gasteiger partial charge in [-0.3, -0.25) is 4.79 Å². The number of furan rings is 1. The first kappa shape index (κ1) is 20.6. The van der Waals surface area contributed by atoms with Crippen LogP contribution in [-0.2, 0) is 6.61 Å². The molecule has 152 valence electrons. The van der Waals surface area contributed by atoms with Gasteiger partial charge in [-0.15, -0.1) is 0 Å². The van der Waals surface area contributed by atoms with Crippen LogP contribution in [0.3, 0.4) is 0 Å². The number of ether oxygens (including phenoxy) is 3. The highest BCUT2D eigenvalue weighted by Crippen LogP contribution is 2.38. The number of anilines is 1. The molecule has 0 aliphatic heterocycles. The number of hydrogen-bond donors (Lipinski definition) is 2. The van der Waals surface area contributed by atoms with Gasteiger partial charge < -0.3 is 29.1 Å². The quantitative estimate of drug-likeness (QED) is 0.593. The average Bonchev–Trinajstić information content (AvgIpc) is 3.21. The Morgan fingerprint density at radius 3 is 2.24 bits per heavy atom. The van der Waals surface area contributed by atoms with E-state index >= 15 is 0 Å². The second-order valence-corrected chi connectivity index (χ2v) is 6.39. The molecule has 0 aliphatic carbocycles. The van der Waals surface area contributed by atoms with Crippen LogP contribution >= 0.6 is 11.6 Å². The van der Waals surface area contributed by atoms with Gasteiger partial charge in [-0.2, -0.15) is 0 Å². The van der Waals surface area contributed by atoms with Crippen molar-refractivity contribution in [3.8, 4) is 28.6 Å². The van der Waals surface area contributed by atoms with E-state index in [1.54, 1.807) is 42.5 Å². The highest BCUT2D eigenvalue weighted by molar-refractivity contribution is 6.33. The lowest BCUT2D eigenvalue weighted by Gasteiger charge is -2.14. The van der Waals surface area contributed by atoms with Crippen LogP contribution in [0.1, 0.15) is 16.1 Å². The van der Waals surface area contributed by atoms with E-state index in [-0.39, 0.29) is 12.5 Å². The third-order valence-corrected chi connectivity index (χ3v) is 4.55. The van der Waals surface area contributed by atoms with E-state index in [9.17, 15) is 4.79 Å². The minimum atomic E-state index is -0.367. The van der Waals surface area contributed by atoms with Gasteiger partial charge in [-0.25, -0.2) is 0 Å². The lowest BCUT2D eigenvalue weighted by molar-refractivity contribution is 0.102. The molecule has 0 bridgehead atoms. The van der Waals surface area contributed by atoms with Gasteiger partial charge in [0.2, 0.25) is 5.75 Å². The Morgan fingerprint density at radius 1 is 1.03 bits per heavy atom. The van der Waals surface area contributed by atoms with Crippen molar-refractivity contribution in [3.63, 3.8) is 0 Å². The van der Waals surface area contributed by atoms with Gasteiger partial charge in [-0.05, 0) is 42.5 Å². The molecule has 0 radical (unpaired) electrons. The summed E-state index contributed by atoms with van der Waals surface area (Å²) in [5, 5.41) is 12.3. The standard InChI is InChI=1S/C21H20ClNO6/c1-26-18-8-12(9-19(27-2)20(18)28-3)21(25)23-13-4-6-15(16(22)10-13)17-7-5-14(11-24)29-17/h4-10,24H,11H2,1-3H3,(H,23,25). The van der Waals surface area contributed by atoms with Crippen LogP contribution in [0.4, 0.5) is 5.69 Å². The summed E-state index contributed by atoms with van der Waals surface area (Å²) in [4.78, 5) is 12.7. The Labute approximate surface area is 172 Å². The first-order chi connectivity index (χ1) is 14.0. The number of rotatable bonds is 7. The fraction of sp³-hybridized carbons (Fsp3) is 0.190. The number of hydrogen-bond acceptors (Lipinski definition) is 6. The molecule has 1 amide bonds. The third kappa shape index (κ3) is 4.31. The number of aliphatic hydroxyl groups excluding tert-OH is 1. The van der Waals surface area contributed by atoms with Crippen molar-refractivity contribution in [3.05, 3.63) is 58.8 Å². The number of benzene rings is 2. The van der Waals surface area contributed by atoms with Crippen LogP contribution in [-0.4, -0.2) is 32.3 Å². The summed E-state index contributed by atoms with van der Waals surface area (Å²) in [6, 6.07) is 11.6. The van der Waals surface area contributed by atoms with E-state index in [0.717, 1.165) is 0 Å². The summed E-state index contributed by atoms with van der Waals surface area (Å²) in [5.74, 6) is 1.76. The fourth-order valence-electron chi connectivity index (χ4n) is 2.82. The molecule has 2 N–H and O–H groups in total. The van der Waals surface area contributed by atoms with Crippen LogP contribution in [0, 0.1) is 0 Å². The van der Waals surface area contributed by atoms with Crippen LogP contribution in [0.15, 0.2) is 46.9 Å². The molecule has 0 spiro atoms. The first-order valence-electron chi connectivity index (χ1n) is 8.61. The molecule has 7 nitrogen and oxygen atoms in total. The van der Waals surface area contributed by atoms with Crippen LogP contribution in [0.5, 0.6) is 17.2 Å². The zero-order valence-corrected chi connectivity index (χ0v) is 16.9. The number of aliphatic hydroxyl groups is 1. The van der Waals surface area contributed by atoms with Gasteiger partial charge in [0.15, 0.2) is 11.5 Å². The van der Waals surface area contributed by atoms with Crippen molar-refractivity contribution >= 4 is 23.2 Å². The van der Waals surface area contributed by atoms with Crippen molar-refractivity contribution in [2.24, 2.45) is 0 Å². The highest BCUT2D eigenvalue weighted by atomic mass is 35.5. The lowest BCUT2D eigenvalue weighted by Crippen LogP contribution is -2.12. The molecular formula is C21H20ClNO6. The molecule has 0 unspecified atom stereocenters. The van der Waals surface area contributed by atoms with E-state index < -0.39 is 0 Å². The van der Waals surface area contributed by atoms with Gasteiger partial charge in [0, 0.05) is 16.8 Å². The zero-order chi connectivity index (χ0) is 21.0. The van der Waals surface area contributed by atoms with E-state index in [1.165, 1.54) is 21.3 Å². The topological polar surface area (TPSA) is 90.2 Å². The van der Waals surface area contributed by atoms with Gasteiger partial charge in [-0.1, -0.05) is 11.6 Å². The van der Waals surface area contributed by atoms with Crippen LogP contribution in [0.25, 0.3) is 11.3 Å². The molecule has 0 aliphatic rings. The monoisotopic (exact) mass is 417 g/mol. The molecule has 2 aromatic carbocycles. The Morgan fingerprint density at radius 2 is 1.72 bits per heavy atom. The van der Waals surface area contributed by atoms with E-state index in [4.69, 9.17) is 35.3 Å². The molecule has 3 aromatic rings. The Hall–Kier alpha value is -3.16. The third-order valence-electron chi connectivity index (χ3n) is 4.24. The number of methoxy groups -OCH3 is 3. The molecule has 0 saturated heterocycles. The Kier molecular flexibility index (Phi) is 6.31. The largest absolute Gasteiger partial charge is 0.493 e. The predicted octanol–water partition coefficient (Wildman–Crippen LogP) is 4.37. The maximum Gasteiger partial charge on any atom is 0.255 e. The smallest absolute Gasteiger partial charge is 0.255 e. The van der Waals surface area contributed by atoms with Crippen LogP contribution in [0.2, 0.25) is 5.02 Å². The van der Waals surface area contributed by atoms with Gasteiger partial charge in [0.25, 0.3) is 5.91 Å². The van der Waals surface area contributed by atoms with Crippen molar-refractivity contribution in [1.82, 2.24) is 0 Å². The van der Waals surface area contributed by atoms with Crippen LogP contribution < -0.4 is 19.5 Å². The number of nitrogens with one attached hydrogen (secondary N) is 1. The molecule has 8 heteroatoms. The minimum absolute atomic E-state index is 0.194. The summed E-state index contributed by atoms with van der Waals surface area (Å²) in [5.41, 5.74) is 1.49. The molecule has 1 aromatic heterocycles. The number of amides is 1. The maximum absolute atomic E-state index is 12.7. The second-order valence-electron chi connectivity index (χ2n) is 5.99. The molecule has 0 fully saturated rings.